The third-order valence-corrected chi connectivity index (χ3v) is 4.15. The van der Waals surface area contributed by atoms with Crippen molar-refractivity contribution < 1.29 is 8.98 Å². The Kier molecular flexibility index (Phi) is 3.35. The highest BCUT2D eigenvalue weighted by Crippen LogP contribution is 2.25. The molecule has 2 heterocycles. The van der Waals surface area contributed by atoms with E-state index >= 15 is 0 Å². The maximum absolute atomic E-state index is 5.61. The molecular formula is C16H22NO+. The Hall–Kier alpha value is -1.31. The van der Waals surface area contributed by atoms with Crippen LogP contribution in [0.4, 0.5) is 0 Å². The van der Waals surface area contributed by atoms with Crippen molar-refractivity contribution in [1.82, 2.24) is 0 Å². The summed E-state index contributed by atoms with van der Waals surface area (Å²) in [7, 11) is 2.09. The van der Waals surface area contributed by atoms with Crippen molar-refractivity contribution in [3.05, 3.63) is 29.7 Å². The van der Waals surface area contributed by atoms with Gasteiger partial charge in [0.2, 0.25) is 0 Å². The zero-order valence-corrected chi connectivity index (χ0v) is 11.2. The van der Waals surface area contributed by atoms with Crippen LogP contribution in [0.15, 0.2) is 22.9 Å². The number of hydrogen-bond donors (Lipinski definition) is 0. The topological polar surface area (TPSA) is 17.0 Å². The molecule has 2 heteroatoms. The summed E-state index contributed by atoms with van der Waals surface area (Å²) < 4.78 is 7.74. The fourth-order valence-electron chi connectivity index (χ4n) is 3.18. The minimum Gasteiger partial charge on any atom is -0.413 e. The predicted molar refractivity (Wildman–Crippen MR) is 72.5 cm³/mol. The van der Waals surface area contributed by atoms with Gasteiger partial charge in [0.25, 0.3) is 0 Å². The minimum atomic E-state index is 1.02. The summed E-state index contributed by atoms with van der Waals surface area (Å²) in [6.45, 7) is 0. The molecule has 2 nitrogen and oxygen atoms in total. The predicted octanol–water partition coefficient (Wildman–Crippen LogP) is 3.70. The molecule has 0 aromatic carbocycles. The first-order valence-corrected chi connectivity index (χ1v) is 7.24. The standard InChI is InChI=1S/C16H22NO/c1-17-12-13-8-6-4-2-3-5-7-9-14(13)15-10-11-18-16(15)17/h10-12H,2-9H2,1H3/q+1. The average Bonchev–Trinajstić information content (AvgIpc) is 2.86. The molecule has 0 atom stereocenters. The number of furan rings is 1. The van der Waals surface area contributed by atoms with E-state index in [1.54, 1.807) is 5.56 Å². The van der Waals surface area contributed by atoms with Gasteiger partial charge in [0.15, 0.2) is 6.20 Å². The Morgan fingerprint density at radius 3 is 2.56 bits per heavy atom. The molecule has 0 amide bonds. The fourth-order valence-corrected chi connectivity index (χ4v) is 3.18. The molecule has 3 rings (SSSR count). The summed E-state index contributed by atoms with van der Waals surface area (Å²) in [6.07, 6.45) is 14.8. The summed E-state index contributed by atoms with van der Waals surface area (Å²) in [4.78, 5) is 0. The van der Waals surface area contributed by atoms with Crippen molar-refractivity contribution in [1.29, 1.82) is 0 Å². The molecule has 96 valence electrons. The summed E-state index contributed by atoms with van der Waals surface area (Å²) in [6, 6.07) is 2.14. The van der Waals surface area contributed by atoms with Crippen LogP contribution in [0.2, 0.25) is 0 Å². The normalized spacial score (nSPS) is 17.6. The first-order chi connectivity index (χ1) is 8.86. The third-order valence-electron chi connectivity index (χ3n) is 4.15. The summed E-state index contributed by atoms with van der Waals surface area (Å²) in [5, 5.41) is 1.33. The maximum atomic E-state index is 5.61. The molecule has 0 bridgehead atoms. The van der Waals surface area contributed by atoms with Gasteiger partial charge in [0.05, 0.1) is 11.6 Å². The highest BCUT2D eigenvalue weighted by molar-refractivity contribution is 5.76. The molecule has 0 saturated carbocycles. The highest BCUT2D eigenvalue weighted by atomic mass is 16.3. The number of hydrogen-bond acceptors (Lipinski definition) is 1. The molecule has 0 N–H and O–H groups in total. The van der Waals surface area contributed by atoms with Gasteiger partial charge in [0.1, 0.15) is 7.05 Å². The smallest absolute Gasteiger partial charge is 0.380 e. The maximum Gasteiger partial charge on any atom is 0.380 e. The van der Waals surface area contributed by atoms with Crippen LogP contribution in [-0.4, -0.2) is 0 Å². The van der Waals surface area contributed by atoms with Gasteiger partial charge < -0.3 is 4.42 Å². The third kappa shape index (κ3) is 2.16. The van der Waals surface area contributed by atoms with Gasteiger partial charge in [-0.25, -0.2) is 0 Å². The van der Waals surface area contributed by atoms with E-state index in [1.165, 1.54) is 62.3 Å². The second-order valence-corrected chi connectivity index (χ2v) is 5.50. The molecule has 0 spiro atoms. The van der Waals surface area contributed by atoms with Crippen LogP contribution in [0.25, 0.3) is 11.1 Å². The molecular weight excluding hydrogens is 222 g/mol. The lowest BCUT2D eigenvalue weighted by atomic mass is 9.94. The number of aryl methyl sites for hydroxylation is 3. The van der Waals surface area contributed by atoms with Gasteiger partial charge in [-0.3, -0.25) is 0 Å². The molecule has 0 radical (unpaired) electrons. The molecule has 0 aliphatic heterocycles. The van der Waals surface area contributed by atoms with Gasteiger partial charge in [-0.1, -0.05) is 25.7 Å². The molecule has 1 aliphatic rings. The van der Waals surface area contributed by atoms with Crippen molar-refractivity contribution in [3.8, 4) is 0 Å². The van der Waals surface area contributed by atoms with E-state index in [9.17, 15) is 0 Å². The van der Waals surface area contributed by atoms with Crippen LogP contribution in [0, 0.1) is 0 Å². The van der Waals surface area contributed by atoms with Crippen LogP contribution in [0.5, 0.6) is 0 Å². The van der Waals surface area contributed by atoms with Gasteiger partial charge in [0, 0.05) is 5.56 Å². The minimum absolute atomic E-state index is 1.02. The zero-order chi connectivity index (χ0) is 12.4. The Morgan fingerprint density at radius 1 is 1.00 bits per heavy atom. The van der Waals surface area contributed by atoms with Crippen LogP contribution < -0.4 is 4.57 Å². The van der Waals surface area contributed by atoms with Crippen molar-refractivity contribution >= 4 is 11.1 Å². The Balaban J connectivity index is 2.06. The van der Waals surface area contributed by atoms with Crippen LogP contribution in [0.1, 0.15) is 49.7 Å². The van der Waals surface area contributed by atoms with E-state index in [4.69, 9.17) is 4.42 Å². The van der Waals surface area contributed by atoms with E-state index in [0.717, 1.165) is 5.71 Å². The quantitative estimate of drug-likeness (QED) is 0.646. The van der Waals surface area contributed by atoms with E-state index in [-0.39, 0.29) is 0 Å². The second kappa shape index (κ2) is 5.13. The van der Waals surface area contributed by atoms with Gasteiger partial charge >= 0.3 is 5.71 Å². The first-order valence-electron chi connectivity index (χ1n) is 7.24. The van der Waals surface area contributed by atoms with Gasteiger partial charge in [-0.05, 0) is 37.3 Å². The Bertz CT molecular complexity index is 541. The summed E-state index contributed by atoms with van der Waals surface area (Å²) in [5.41, 5.74) is 4.10. The molecule has 2 aromatic heterocycles. The lowest BCUT2D eigenvalue weighted by Gasteiger charge is -2.11. The fraction of sp³-hybridized carbons (Fsp3) is 0.562. The number of rotatable bonds is 0. The Labute approximate surface area is 109 Å². The zero-order valence-electron chi connectivity index (χ0n) is 11.2. The van der Waals surface area contributed by atoms with Crippen LogP contribution >= 0.6 is 0 Å². The Morgan fingerprint density at radius 2 is 1.72 bits per heavy atom. The van der Waals surface area contributed by atoms with Crippen molar-refractivity contribution in [2.24, 2.45) is 7.05 Å². The molecule has 0 saturated heterocycles. The van der Waals surface area contributed by atoms with Gasteiger partial charge in [-0.2, -0.15) is 4.57 Å². The summed E-state index contributed by atoms with van der Waals surface area (Å²) >= 11 is 0. The van der Waals surface area contributed by atoms with Crippen molar-refractivity contribution in [2.75, 3.05) is 0 Å². The second-order valence-electron chi connectivity index (χ2n) is 5.50. The van der Waals surface area contributed by atoms with Gasteiger partial charge in [-0.15, -0.1) is 0 Å². The van der Waals surface area contributed by atoms with Crippen molar-refractivity contribution in [2.45, 2.75) is 51.4 Å². The molecule has 2 aromatic rings. The summed E-state index contributed by atoms with van der Waals surface area (Å²) in [5.74, 6) is 0. The van der Waals surface area contributed by atoms with E-state index in [2.05, 4.69) is 23.9 Å². The van der Waals surface area contributed by atoms with E-state index in [0.29, 0.717) is 0 Å². The number of nitrogens with zero attached hydrogens (tertiary/aromatic N) is 1. The number of pyridine rings is 1. The SMILES string of the molecule is C[n+]1cc2c(c3ccoc31)CCCCCCCC2. The molecule has 18 heavy (non-hydrogen) atoms. The van der Waals surface area contributed by atoms with Crippen LogP contribution in [-0.2, 0) is 19.9 Å². The number of aromatic nitrogens is 1. The lowest BCUT2D eigenvalue weighted by molar-refractivity contribution is -0.652. The molecule has 0 unspecified atom stereocenters. The monoisotopic (exact) mass is 244 g/mol. The molecule has 1 aliphatic carbocycles. The average molecular weight is 244 g/mol. The van der Waals surface area contributed by atoms with Crippen molar-refractivity contribution in [3.63, 3.8) is 0 Å². The highest BCUT2D eigenvalue weighted by Gasteiger charge is 2.18. The van der Waals surface area contributed by atoms with E-state index in [1.807, 2.05) is 6.26 Å². The van der Waals surface area contributed by atoms with E-state index < -0.39 is 0 Å². The lowest BCUT2D eigenvalue weighted by Crippen LogP contribution is -2.29. The molecule has 0 fully saturated rings. The first kappa shape index (κ1) is 11.8. The largest absolute Gasteiger partial charge is 0.413 e. The van der Waals surface area contributed by atoms with Crippen LogP contribution in [0.3, 0.4) is 0 Å². The number of fused-ring (bicyclic) bond motifs is 3.